The molecule has 2 rings (SSSR count). The van der Waals surface area contributed by atoms with E-state index in [4.69, 9.17) is 9.47 Å². The van der Waals surface area contributed by atoms with Crippen LogP contribution in [0.3, 0.4) is 0 Å². The minimum Gasteiger partial charge on any atom is -0.467 e. The van der Waals surface area contributed by atoms with Crippen LogP contribution in [0, 0.1) is 0 Å². The number of carbonyl (C=O) groups excluding carboxylic acids is 2. The monoisotopic (exact) mass is 331 g/mol. The fourth-order valence-corrected chi connectivity index (χ4v) is 2.03. The van der Waals surface area contributed by atoms with Crippen molar-refractivity contribution < 1.29 is 19.1 Å². The molecule has 0 radical (unpaired) electrons. The summed E-state index contributed by atoms with van der Waals surface area (Å²) in [5, 5.41) is 3.39. The van der Waals surface area contributed by atoms with Gasteiger partial charge in [0.1, 0.15) is 0 Å². The average molecular weight is 331 g/mol. The molecule has 0 saturated carbocycles. The number of benzene rings is 1. The fraction of sp³-hybridized carbons (Fsp3) is 0.412. The highest BCUT2D eigenvalue weighted by Crippen LogP contribution is 2.22. The van der Waals surface area contributed by atoms with Crippen molar-refractivity contribution in [2.24, 2.45) is 0 Å². The third-order valence-electron chi connectivity index (χ3n) is 3.22. The van der Waals surface area contributed by atoms with Gasteiger partial charge < -0.3 is 14.8 Å². The number of rotatable bonds is 8. The van der Waals surface area contributed by atoms with E-state index in [-0.39, 0.29) is 30.8 Å². The molecule has 128 valence electrons. The van der Waals surface area contributed by atoms with Crippen molar-refractivity contribution in [3.8, 4) is 5.88 Å². The Morgan fingerprint density at radius 2 is 1.96 bits per heavy atom. The molecule has 0 aliphatic heterocycles. The molecule has 1 N–H and O–H groups in total. The molecule has 0 spiro atoms. The maximum atomic E-state index is 11.9. The molecule has 2 aromatic rings. The Kier molecular flexibility index (Phi) is 6.48. The van der Waals surface area contributed by atoms with Crippen LogP contribution in [0.25, 0.3) is 10.9 Å². The van der Waals surface area contributed by atoms with Crippen LogP contribution >= 0.6 is 0 Å². The lowest BCUT2D eigenvalue weighted by atomic mass is 10.2. The normalized spacial score (nSPS) is 10.4. The summed E-state index contributed by atoms with van der Waals surface area (Å²) in [6.45, 7) is 4.42. The number of hydrogen-bond acceptors (Lipinski definition) is 6. The number of carbonyl (C=O) groups is 2. The molecule has 0 aliphatic carbocycles. The summed E-state index contributed by atoms with van der Waals surface area (Å²) in [6, 6.07) is 7.12. The van der Waals surface area contributed by atoms with E-state index in [1.165, 1.54) is 0 Å². The van der Waals surface area contributed by atoms with E-state index in [1.807, 2.05) is 13.0 Å². The van der Waals surface area contributed by atoms with E-state index in [9.17, 15) is 9.59 Å². The smallest absolute Gasteiger partial charge is 0.376 e. The van der Waals surface area contributed by atoms with E-state index in [0.717, 1.165) is 12.8 Å². The first-order chi connectivity index (χ1) is 11.7. The van der Waals surface area contributed by atoms with E-state index >= 15 is 0 Å². The van der Waals surface area contributed by atoms with Gasteiger partial charge in [0.25, 0.3) is 5.91 Å². The van der Waals surface area contributed by atoms with Gasteiger partial charge in [0.05, 0.1) is 17.5 Å². The Hall–Kier alpha value is -2.70. The number of hydrogen-bond donors (Lipinski definition) is 1. The topological polar surface area (TPSA) is 90.4 Å². The summed E-state index contributed by atoms with van der Waals surface area (Å²) in [6.07, 6.45) is 1.91. The third-order valence-corrected chi connectivity index (χ3v) is 3.22. The predicted molar refractivity (Wildman–Crippen MR) is 88.9 cm³/mol. The minimum atomic E-state index is -0.625. The summed E-state index contributed by atoms with van der Waals surface area (Å²) in [5.41, 5.74) is 0.553. The largest absolute Gasteiger partial charge is 0.467 e. The van der Waals surface area contributed by atoms with E-state index in [2.05, 4.69) is 15.3 Å². The van der Waals surface area contributed by atoms with Gasteiger partial charge in [0, 0.05) is 6.54 Å². The van der Waals surface area contributed by atoms with Gasteiger partial charge in [-0.15, -0.1) is 0 Å². The molecule has 0 fully saturated rings. The van der Waals surface area contributed by atoms with E-state index in [0.29, 0.717) is 17.4 Å². The molecule has 0 atom stereocenters. The minimum absolute atomic E-state index is 0.0862. The summed E-state index contributed by atoms with van der Waals surface area (Å²) >= 11 is 0. The maximum absolute atomic E-state index is 11.9. The SMILES string of the molecule is CCCCNC(=O)COc1nc(C(=O)OCC)nc2ccccc12. The van der Waals surface area contributed by atoms with Crippen molar-refractivity contribution in [2.45, 2.75) is 26.7 Å². The van der Waals surface area contributed by atoms with Crippen LogP contribution in [0.5, 0.6) is 5.88 Å². The second-order valence-corrected chi connectivity index (χ2v) is 5.08. The van der Waals surface area contributed by atoms with Gasteiger partial charge in [0.15, 0.2) is 6.61 Å². The maximum Gasteiger partial charge on any atom is 0.376 e. The Morgan fingerprint density at radius 1 is 1.17 bits per heavy atom. The van der Waals surface area contributed by atoms with Crippen molar-refractivity contribution >= 4 is 22.8 Å². The van der Waals surface area contributed by atoms with Crippen molar-refractivity contribution in [1.29, 1.82) is 0 Å². The highest BCUT2D eigenvalue weighted by molar-refractivity contribution is 5.91. The van der Waals surface area contributed by atoms with Crippen molar-refractivity contribution in [1.82, 2.24) is 15.3 Å². The average Bonchev–Trinajstić information content (AvgIpc) is 2.60. The van der Waals surface area contributed by atoms with E-state index in [1.54, 1.807) is 25.1 Å². The molecular formula is C17H21N3O4. The Bertz CT molecular complexity index is 718. The highest BCUT2D eigenvalue weighted by atomic mass is 16.5. The van der Waals surface area contributed by atoms with Crippen LogP contribution in [0.15, 0.2) is 24.3 Å². The summed E-state index contributed by atoms with van der Waals surface area (Å²) in [7, 11) is 0. The molecule has 1 aromatic carbocycles. The molecule has 0 saturated heterocycles. The van der Waals surface area contributed by atoms with Gasteiger partial charge in [-0.25, -0.2) is 9.78 Å². The van der Waals surface area contributed by atoms with Gasteiger partial charge in [-0.05, 0) is 25.5 Å². The molecule has 24 heavy (non-hydrogen) atoms. The third kappa shape index (κ3) is 4.65. The quantitative estimate of drug-likeness (QED) is 0.588. The number of nitrogens with one attached hydrogen (secondary N) is 1. The van der Waals surface area contributed by atoms with Gasteiger partial charge in [-0.3, -0.25) is 4.79 Å². The van der Waals surface area contributed by atoms with Crippen LogP contribution in [0.1, 0.15) is 37.3 Å². The molecule has 7 nitrogen and oxygen atoms in total. The van der Waals surface area contributed by atoms with Gasteiger partial charge in [0.2, 0.25) is 11.7 Å². The molecule has 0 unspecified atom stereocenters. The standard InChI is InChI=1S/C17H21N3O4/c1-3-5-10-18-14(21)11-24-16-12-8-6-7-9-13(12)19-15(20-16)17(22)23-4-2/h6-9H,3-5,10-11H2,1-2H3,(H,18,21). The number of para-hydroxylation sites is 1. The van der Waals surface area contributed by atoms with Crippen molar-refractivity contribution in [2.75, 3.05) is 19.8 Å². The number of unbranched alkanes of at least 4 members (excludes halogenated alkanes) is 1. The van der Waals surface area contributed by atoms with Crippen LogP contribution in [0.2, 0.25) is 0 Å². The molecule has 0 aliphatic rings. The highest BCUT2D eigenvalue weighted by Gasteiger charge is 2.16. The number of fused-ring (bicyclic) bond motifs is 1. The lowest BCUT2D eigenvalue weighted by Gasteiger charge is -2.10. The summed E-state index contributed by atoms with van der Waals surface area (Å²) in [4.78, 5) is 31.9. The Balaban J connectivity index is 2.18. The number of esters is 1. The molecule has 7 heteroatoms. The molecule has 1 amide bonds. The van der Waals surface area contributed by atoms with Crippen molar-refractivity contribution in [3.05, 3.63) is 30.1 Å². The second-order valence-electron chi connectivity index (χ2n) is 5.08. The Morgan fingerprint density at radius 3 is 2.71 bits per heavy atom. The first kappa shape index (κ1) is 17.7. The van der Waals surface area contributed by atoms with Gasteiger partial charge in [-0.2, -0.15) is 4.98 Å². The second kappa shape index (κ2) is 8.81. The molecule has 1 aromatic heterocycles. The number of aromatic nitrogens is 2. The molecular weight excluding hydrogens is 310 g/mol. The van der Waals surface area contributed by atoms with Crippen LogP contribution in [-0.2, 0) is 9.53 Å². The predicted octanol–water partition coefficient (Wildman–Crippen LogP) is 2.10. The molecule has 0 bridgehead atoms. The van der Waals surface area contributed by atoms with Crippen LogP contribution in [-0.4, -0.2) is 41.6 Å². The summed E-state index contributed by atoms with van der Waals surface area (Å²) < 4.78 is 10.4. The summed E-state index contributed by atoms with van der Waals surface area (Å²) in [5.74, 6) is -0.754. The van der Waals surface area contributed by atoms with Crippen molar-refractivity contribution in [3.63, 3.8) is 0 Å². The van der Waals surface area contributed by atoms with E-state index < -0.39 is 5.97 Å². The first-order valence-corrected chi connectivity index (χ1v) is 7.99. The first-order valence-electron chi connectivity index (χ1n) is 7.99. The zero-order valence-corrected chi connectivity index (χ0v) is 13.9. The lowest BCUT2D eigenvalue weighted by Crippen LogP contribution is -2.29. The molecule has 1 heterocycles. The number of nitrogens with zero attached hydrogens (tertiary/aromatic N) is 2. The van der Waals surface area contributed by atoms with Crippen LogP contribution < -0.4 is 10.1 Å². The number of ether oxygens (including phenoxy) is 2. The zero-order valence-electron chi connectivity index (χ0n) is 13.9. The lowest BCUT2D eigenvalue weighted by molar-refractivity contribution is -0.123. The zero-order chi connectivity index (χ0) is 17.4. The van der Waals surface area contributed by atoms with Gasteiger partial charge >= 0.3 is 5.97 Å². The van der Waals surface area contributed by atoms with Gasteiger partial charge in [-0.1, -0.05) is 25.5 Å². The number of amides is 1. The fourth-order valence-electron chi connectivity index (χ4n) is 2.03. The Labute approximate surface area is 140 Å². The van der Waals surface area contributed by atoms with Crippen LogP contribution in [0.4, 0.5) is 0 Å².